The van der Waals surface area contributed by atoms with Crippen molar-refractivity contribution in [3.63, 3.8) is 0 Å². The van der Waals surface area contributed by atoms with E-state index in [1.165, 1.54) is 4.57 Å². The molecule has 0 aliphatic rings. The molecule has 1 N–H and O–H groups in total. The third-order valence-corrected chi connectivity index (χ3v) is 4.57. The highest BCUT2D eigenvalue weighted by atomic mass is 35.5. The van der Waals surface area contributed by atoms with Crippen LogP contribution in [0.4, 0.5) is 0 Å². The van der Waals surface area contributed by atoms with Crippen molar-refractivity contribution in [3.8, 4) is 0 Å². The molecule has 0 aliphatic heterocycles. The lowest BCUT2D eigenvalue weighted by atomic mass is 9.84. The van der Waals surface area contributed by atoms with Crippen molar-refractivity contribution < 1.29 is 4.79 Å². The van der Waals surface area contributed by atoms with Crippen LogP contribution in [-0.4, -0.2) is 15.5 Å². The number of hydrogen-bond donors (Lipinski definition) is 1. The average molecular weight is 378 g/mol. The molecule has 0 spiro atoms. The predicted molar refractivity (Wildman–Crippen MR) is 106 cm³/mol. The van der Waals surface area contributed by atoms with Gasteiger partial charge in [0.25, 0.3) is 5.56 Å². The largest absolute Gasteiger partial charge is 0.346 e. The van der Waals surface area contributed by atoms with Gasteiger partial charge >= 0.3 is 0 Å². The fraction of sp³-hybridized carbons (Fsp3) is 0.550. The molecule has 26 heavy (non-hydrogen) atoms. The van der Waals surface area contributed by atoms with E-state index < -0.39 is 0 Å². The zero-order valence-corrected chi connectivity index (χ0v) is 17.1. The minimum Gasteiger partial charge on any atom is -0.346 e. The van der Waals surface area contributed by atoms with Crippen LogP contribution in [0.25, 0.3) is 10.9 Å². The number of nitrogens with zero attached hydrogens (tertiary/aromatic N) is 2. The summed E-state index contributed by atoms with van der Waals surface area (Å²) in [5.41, 5.74) is 0.579. The molecule has 6 heteroatoms. The maximum Gasteiger partial charge on any atom is 0.261 e. The summed E-state index contributed by atoms with van der Waals surface area (Å²) in [6.45, 7) is 10.4. The minimum absolute atomic E-state index is 0.0327. The lowest BCUT2D eigenvalue weighted by Crippen LogP contribution is -2.33. The highest BCUT2D eigenvalue weighted by molar-refractivity contribution is 6.31. The molecular formula is C20H28ClN3O2. The van der Waals surface area contributed by atoms with Gasteiger partial charge in [-0.15, -0.1) is 0 Å². The van der Waals surface area contributed by atoms with Gasteiger partial charge in [-0.2, -0.15) is 0 Å². The number of amides is 1. The van der Waals surface area contributed by atoms with Gasteiger partial charge in [0.1, 0.15) is 5.82 Å². The maximum atomic E-state index is 12.6. The number of aromatic nitrogens is 2. The summed E-state index contributed by atoms with van der Waals surface area (Å²) in [5.74, 6) is 0.769. The van der Waals surface area contributed by atoms with E-state index in [0.29, 0.717) is 28.2 Å². The van der Waals surface area contributed by atoms with Gasteiger partial charge in [-0.3, -0.25) is 14.2 Å². The zero-order chi connectivity index (χ0) is 19.6. The molecular weight excluding hydrogens is 350 g/mol. The Morgan fingerprint density at radius 3 is 2.58 bits per heavy atom. The van der Waals surface area contributed by atoms with Crippen LogP contribution in [-0.2, 0) is 11.8 Å². The second-order valence-corrected chi connectivity index (χ2v) is 8.80. The number of rotatable bonds is 5. The Balaban J connectivity index is 2.19. The van der Waals surface area contributed by atoms with E-state index in [4.69, 9.17) is 11.6 Å². The third kappa shape index (κ3) is 5.07. The first-order chi connectivity index (χ1) is 12.0. The highest BCUT2D eigenvalue weighted by Gasteiger charge is 2.20. The summed E-state index contributed by atoms with van der Waals surface area (Å²) < 4.78 is 1.49. The zero-order valence-electron chi connectivity index (χ0n) is 16.4. The Bertz CT molecular complexity index is 868. The first-order valence-corrected chi connectivity index (χ1v) is 9.31. The molecule has 0 radical (unpaired) electrons. The molecule has 1 heterocycles. The lowest BCUT2D eigenvalue weighted by Gasteiger charge is -2.23. The lowest BCUT2D eigenvalue weighted by molar-refractivity contribution is -0.122. The smallest absolute Gasteiger partial charge is 0.261 e. The SMILES string of the molecule is CC(CC(=O)NC(C)c1nc2cc(Cl)ccc2c(=O)n1C)CC(C)(C)C. The van der Waals surface area contributed by atoms with Crippen molar-refractivity contribution in [2.24, 2.45) is 18.4 Å². The first kappa shape index (κ1) is 20.4. The van der Waals surface area contributed by atoms with E-state index in [2.05, 4.69) is 38.0 Å². The van der Waals surface area contributed by atoms with Gasteiger partial charge in [0.2, 0.25) is 5.91 Å². The van der Waals surface area contributed by atoms with Crippen LogP contribution in [0.3, 0.4) is 0 Å². The van der Waals surface area contributed by atoms with Crippen molar-refractivity contribution in [1.29, 1.82) is 0 Å². The quantitative estimate of drug-likeness (QED) is 0.848. The number of nitrogens with one attached hydrogen (secondary N) is 1. The topological polar surface area (TPSA) is 64.0 Å². The van der Waals surface area contributed by atoms with Crippen LogP contribution in [0.2, 0.25) is 5.02 Å². The molecule has 0 saturated heterocycles. The molecule has 2 aromatic rings. The average Bonchev–Trinajstić information content (AvgIpc) is 2.48. The Kier molecular flexibility index (Phi) is 6.12. The Hall–Kier alpha value is -1.88. The van der Waals surface area contributed by atoms with E-state index in [1.54, 1.807) is 25.2 Å². The van der Waals surface area contributed by atoms with Crippen LogP contribution in [0.1, 0.15) is 59.3 Å². The number of carbonyl (C=O) groups excluding carboxylic acids is 1. The van der Waals surface area contributed by atoms with Gasteiger partial charge in [-0.1, -0.05) is 39.3 Å². The normalized spacial score (nSPS) is 14.3. The fourth-order valence-corrected chi connectivity index (χ4v) is 3.61. The minimum atomic E-state index is -0.370. The fourth-order valence-electron chi connectivity index (χ4n) is 3.45. The van der Waals surface area contributed by atoms with Crippen LogP contribution in [0, 0.1) is 11.3 Å². The second kappa shape index (κ2) is 7.78. The van der Waals surface area contributed by atoms with Crippen LogP contribution in [0.5, 0.6) is 0 Å². The summed E-state index contributed by atoms with van der Waals surface area (Å²) in [6, 6.07) is 4.65. The number of carbonyl (C=O) groups is 1. The van der Waals surface area contributed by atoms with Gasteiger partial charge in [0.05, 0.1) is 16.9 Å². The molecule has 2 atom stereocenters. The summed E-state index contributed by atoms with van der Waals surface area (Å²) in [4.78, 5) is 29.5. The van der Waals surface area contributed by atoms with E-state index in [0.717, 1.165) is 6.42 Å². The van der Waals surface area contributed by atoms with E-state index in [-0.39, 0.29) is 28.8 Å². The molecule has 0 saturated carbocycles. The maximum absolute atomic E-state index is 12.6. The molecule has 1 amide bonds. The molecule has 2 rings (SSSR count). The van der Waals surface area contributed by atoms with Crippen molar-refractivity contribution in [3.05, 3.63) is 39.4 Å². The van der Waals surface area contributed by atoms with Crippen molar-refractivity contribution in [2.75, 3.05) is 0 Å². The molecule has 0 aliphatic carbocycles. The predicted octanol–water partition coefficient (Wildman–Crippen LogP) is 4.23. The van der Waals surface area contributed by atoms with Crippen LogP contribution >= 0.6 is 11.6 Å². The Labute approximate surface area is 159 Å². The van der Waals surface area contributed by atoms with E-state index in [1.807, 2.05) is 6.92 Å². The van der Waals surface area contributed by atoms with Crippen molar-refractivity contribution in [1.82, 2.24) is 14.9 Å². The molecule has 1 aromatic carbocycles. The Morgan fingerprint density at radius 2 is 1.96 bits per heavy atom. The standard InChI is InChI=1S/C20H28ClN3O2/c1-12(11-20(3,4)5)9-17(25)22-13(2)18-23-16-10-14(21)7-8-15(16)19(26)24(18)6/h7-8,10,12-13H,9,11H2,1-6H3,(H,22,25). The van der Waals surface area contributed by atoms with Gasteiger partial charge in [0, 0.05) is 18.5 Å². The number of fused-ring (bicyclic) bond motifs is 1. The Morgan fingerprint density at radius 1 is 1.31 bits per heavy atom. The summed E-state index contributed by atoms with van der Waals surface area (Å²) in [7, 11) is 1.67. The first-order valence-electron chi connectivity index (χ1n) is 8.93. The third-order valence-electron chi connectivity index (χ3n) is 4.33. The van der Waals surface area contributed by atoms with Crippen LogP contribution in [0.15, 0.2) is 23.0 Å². The van der Waals surface area contributed by atoms with Gasteiger partial charge in [0.15, 0.2) is 0 Å². The molecule has 1 aromatic heterocycles. The molecule has 0 bridgehead atoms. The second-order valence-electron chi connectivity index (χ2n) is 8.36. The summed E-state index contributed by atoms with van der Waals surface area (Å²) in [6.07, 6.45) is 1.43. The number of halogens is 1. The number of benzene rings is 1. The summed E-state index contributed by atoms with van der Waals surface area (Å²) >= 11 is 6.02. The van der Waals surface area contributed by atoms with Crippen molar-refractivity contribution >= 4 is 28.4 Å². The molecule has 5 nitrogen and oxygen atoms in total. The summed E-state index contributed by atoms with van der Waals surface area (Å²) in [5, 5.41) is 4.00. The van der Waals surface area contributed by atoms with E-state index in [9.17, 15) is 9.59 Å². The van der Waals surface area contributed by atoms with Crippen molar-refractivity contribution in [2.45, 2.75) is 53.5 Å². The highest BCUT2D eigenvalue weighted by Crippen LogP contribution is 2.26. The molecule has 142 valence electrons. The molecule has 0 fully saturated rings. The monoisotopic (exact) mass is 377 g/mol. The van der Waals surface area contributed by atoms with E-state index >= 15 is 0 Å². The van der Waals surface area contributed by atoms with Gasteiger partial charge in [-0.25, -0.2) is 4.98 Å². The van der Waals surface area contributed by atoms with Crippen LogP contribution < -0.4 is 10.9 Å². The van der Waals surface area contributed by atoms with Gasteiger partial charge in [-0.05, 0) is 42.9 Å². The number of hydrogen-bond acceptors (Lipinski definition) is 3. The van der Waals surface area contributed by atoms with Gasteiger partial charge < -0.3 is 5.32 Å². The molecule has 2 unspecified atom stereocenters.